The first-order chi connectivity index (χ1) is 8.92. The number of rotatable bonds is 2. The SMILES string of the molecule is Cl.c1cc2ncc3c(SC4CCNCC4)nc(c1)n23. The molecule has 0 aliphatic carbocycles. The molecule has 0 amide bonds. The lowest BCUT2D eigenvalue weighted by Gasteiger charge is -2.20. The predicted octanol–water partition coefficient (Wildman–Crippen LogP) is 2.59. The van der Waals surface area contributed by atoms with Gasteiger partial charge in [-0.05, 0) is 38.1 Å². The smallest absolute Gasteiger partial charge is 0.140 e. The molecule has 4 heterocycles. The second kappa shape index (κ2) is 5.15. The van der Waals surface area contributed by atoms with E-state index in [4.69, 9.17) is 4.98 Å². The number of aromatic nitrogens is 3. The fourth-order valence-corrected chi connectivity index (χ4v) is 3.77. The molecule has 1 aliphatic heterocycles. The summed E-state index contributed by atoms with van der Waals surface area (Å²) in [5, 5.41) is 5.22. The summed E-state index contributed by atoms with van der Waals surface area (Å²) < 4.78 is 2.14. The molecule has 0 aromatic carbocycles. The molecule has 4 rings (SSSR count). The van der Waals surface area contributed by atoms with E-state index in [0.717, 1.165) is 34.9 Å². The van der Waals surface area contributed by atoms with Crippen molar-refractivity contribution in [2.75, 3.05) is 13.1 Å². The Labute approximate surface area is 121 Å². The van der Waals surface area contributed by atoms with Crippen LogP contribution in [0.3, 0.4) is 0 Å². The van der Waals surface area contributed by atoms with Crippen LogP contribution in [0.25, 0.3) is 16.8 Å². The van der Waals surface area contributed by atoms with Gasteiger partial charge in [-0.1, -0.05) is 6.07 Å². The highest BCUT2D eigenvalue weighted by molar-refractivity contribution is 8.00. The number of hydrogen-bond donors (Lipinski definition) is 1. The third kappa shape index (κ3) is 2.16. The summed E-state index contributed by atoms with van der Waals surface area (Å²) in [6.45, 7) is 2.25. The summed E-state index contributed by atoms with van der Waals surface area (Å²) in [7, 11) is 0. The summed E-state index contributed by atoms with van der Waals surface area (Å²) in [5.74, 6) is 0. The second-order valence-corrected chi connectivity index (χ2v) is 5.99. The first kappa shape index (κ1) is 13.0. The zero-order chi connectivity index (χ0) is 11.9. The van der Waals surface area contributed by atoms with Gasteiger partial charge in [0, 0.05) is 5.25 Å². The van der Waals surface area contributed by atoms with Crippen LogP contribution in [-0.2, 0) is 0 Å². The first-order valence-electron chi connectivity index (χ1n) is 6.35. The van der Waals surface area contributed by atoms with Gasteiger partial charge in [0.05, 0.1) is 11.7 Å². The third-order valence-electron chi connectivity index (χ3n) is 3.51. The van der Waals surface area contributed by atoms with Gasteiger partial charge in [-0.25, -0.2) is 9.97 Å². The Bertz CT molecular complexity index is 677. The van der Waals surface area contributed by atoms with E-state index in [1.807, 2.05) is 36.2 Å². The van der Waals surface area contributed by atoms with Crippen LogP contribution in [0.5, 0.6) is 0 Å². The molecule has 0 bridgehead atoms. The molecule has 0 atom stereocenters. The maximum atomic E-state index is 4.73. The van der Waals surface area contributed by atoms with Crippen molar-refractivity contribution >= 4 is 41.0 Å². The Morgan fingerprint density at radius 3 is 2.84 bits per heavy atom. The minimum Gasteiger partial charge on any atom is -0.317 e. The van der Waals surface area contributed by atoms with Crippen LogP contribution < -0.4 is 5.32 Å². The molecule has 1 N–H and O–H groups in total. The van der Waals surface area contributed by atoms with Crippen molar-refractivity contribution in [1.82, 2.24) is 19.7 Å². The zero-order valence-corrected chi connectivity index (χ0v) is 12.0. The fraction of sp³-hybridized carbons (Fsp3) is 0.385. The third-order valence-corrected chi connectivity index (χ3v) is 4.84. The Balaban J connectivity index is 0.00000110. The van der Waals surface area contributed by atoms with Crippen molar-refractivity contribution in [3.8, 4) is 0 Å². The van der Waals surface area contributed by atoms with Gasteiger partial charge in [0.15, 0.2) is 0 Å². The maximum Gasteiger partial charge on any atom is 0.140 e. The fourth-order valence-electron chi connectivity index (χ4n) is 2.58. The Kier molecular flexibility index (Phi) is 3.52. The normalized spacial score (nSPS) is 17.1. The van der Waals surface area contributed by atoms with E-state index in [9.17, 15) is 0 Å². The van der Waals surface area contributed by atoms with Crippen LogP contribution in [0.2, 0.25) is 0 Å². The molecule has 0 unspecified atom stereocenters. The molecule has 0 spiro atoms. The van der Waals surface area contributed by atoms with Gasteiger partial charge in [0.25, 0.3) is 0 Å². The molecule has 3 aromatic rings. The Hall–Kier alpha value is -1.04. The maximum absolute atomic E-state index is 4.73. The van der Waals surface area contributed by atoms with Crippen LogP contribution in [0, 0.1) is 0 Å². The molecule has 19 heavy (non-hydrogen) atoms. The Morgan fingerprint density at radius 1 is 1.21 bits per heavy atom. The summed E-state index contributed by atoms with van der Waals surface area (Å²) in [5.41, 5.74) is 3.16. The van der Waals surface area contributed by atoms with Crippen LogP contribution in [0.15, 0.2) is 29.4 Å². The number of hydrogen-bond acceptors (Lipinski definition) is 4. The van der Waals surface area contributed by atoms with Gasteiger partial charge in [-0.2, -0.15) is 0 Å². The molecule has 4 nitrogen and oxygen atoms in total. The number of piperidine rings is 1. The standard InChI is InChI=1S/C13H14N4S.ClH/c1-2-11-15-8-10-13(16-12(3-1)17(10)11)18-9-4-6-14-7-5-9;/h1-3,8-9,14H,4-7H2;1H. The van der Waals surface area contributed by atoms with Gasteiger partial charge in [0.1, 0.15) is 16.3 Å². The highest BCUT2D eigenvalue weighted by atomic mass is 35.5. The minimum atomic E-state index is 0. The van der Waals surface area contributed by atoms with E-state index in [2.05, 4.69) is 14.7 Å². The average molecular weight is 295 g/mol. The van der Waals surface area contributed by atoms with E-state index >= 15 is 0 Å². The van der Waals surface area contributed by atoms with Crippen LogP contribution >= 0.6 is 24.2 Å². The van der Waals surface area contributed by atoms with E-state index in [-0.39, 0.29) is 12.4 Å². The molecule has 100 valence electrons. The lowest BCUT2D eigenvalue weighted by atomic mass is 10.2. The van der Waals surface area contributed by atoms with Crippen LogP contribution in [0.4, 0.5) is 0 Å². The topological polar surface area (TPSA) is 42.2 Å². The Morgan fingerprint density at radius 2 is 2.00 bits per heavy atom. The monoisotopic (exact) mass is 294 g/mol. The zero-order valence-electron chi connectivity index (χ0n) is 10.4. The number of nitrogens with one attached hydrogen (secondary N) is 1. The van der Waals surface area contributed by atoms with Gasteiger partial charge in [0.2, 0.25) is 0 Å². The van der Waals surface area contributed by atoms with Crippen molar-refractivity contribution in [2.24, 2.45) is 0 Å². The van der Waals surface area contributed by atoms with Gasteiger partial charge in [-0.3, -0.25) is 4.40 Å². The van der Waals surface area contributed by atoms with Gasteiger partial charge in [-0.15, -0.1) is 24.2 Å². The summed E-state index contributed by atoms with van der Waals surface area (Å²) in [6, 6.07) is 6.10. The predicted molar refractivity (Wildman–Crippen MR) is 80.7 cm³/mol. The van der Waals surface area contributed by atoms with Gasteiger partial charge < -0.3 is 5.32 Å². The van der Waals surface area contributed by atoms with E-state index in [1.165, 1.54) is 12.8 Å². The van der Waals surface area contributed by atoms with Crippen molar-refractivity contribution in [3.05, 3.63) is 24.4 Å². The highest BCUT2D eigenvalue weighted by Crippen LogP contribution is 2.32. The number of thioether (sulfide) groups is 1. The summed E-state index contributed by atoms with van der Waals surface area (Å²) in [4.78, 5) is 9.16. The lowest BCUT2D eigenvalue weighted by Crippen LogP contribution is -2.29. The number of pyridine rings is 1. The van der Waals surface area contributed by atoms with Crippen molar-refractivity contribution in [2.45, 2.75) is 23.1 Å². The molecule has 3 aromatic heterocycles. The second-order valence-electron chi connectivity index (χ2n) is 4.71. The number of imidazole rings is 2. The number of nitrogens with zero attached hydrogens (tertiary/aromatic N) is 3. The minimum absolute atomic E-state index is 0. The average Bonchev–Trinajstić information content (AvgIpc) is 2.98. The highest BCUT2D eigenvalue weighted by Gasteiger charge is 2.19. The molecule has 1 aliphatic rings. The van der Waals surface area contributed by atoms with E-state index in [1.54, 1.807) is 0 Å². The molecule has 6 heteroatoms. The molecule has 0 radical (unpaired) electrons. The van der Waals surface area contributed by atoms with Crippen molar-refractivity contribution < 1.29 is 0 Å². The van der Waals surface area contributed by atoms with Gasteiger partial charge >= 0.3 is 0 Å². The quantitative estimate of drug-likeness (QED) is 0.789. The molecule has 0 saturated carbocycles. The van der Waals surface area contributed by atoms with E-state index < -0.39 is 0 Å². The molecular formula is C13H15ClN4S. The largest absolute Gasteiger partial charge is 0.317 e. The molecular weight excluding hydrogens is 280 g/mol. The van der Waals surface area contributed by atoms with Crippen molar-refractivity contribution in [3.63, 3.8) is 0 Å². The first-order valence-corrected chi connectivity index (χ1v) is 7.23. The molecule has 1 saturated heterocycles. The van der Waals surface area contributed by atoms with Crippen LogP contribution in [0.1, 0.15) is 12.8 Å². The molecule has 1 fully saturated rings. The lowest BCUT2D eigenvalue weighted by molar-refractivity contribution is 0.531. The van der Waals surface area contributed by atoms with E-state index in [0.29, 0.717) is 5.25 Å². The number of halogens is 1. The van der Waals surface area contributed by atoms with Crippen LogP contribution in [-0.4, -0.2) is 32.7 Å². The summed E-state index contributed by atoms with van der Waals surface area (Å²) >= 11 is 1.91. The summed E-state index contributed by atoms with van der Waals surface area (Å²) in [6.07, 6.45) is 4.39. The van der Waals surface area contributed by atoms with Crippen molar-refractivity contribution in [1.29, 1.82) is 0 Å².